The van der Waals surface area contributed by atoms with Crippen LogP contribution in [-0.2, 0) is 0 Å². The molecule has 0 aliphatic carbocycles. The van der Waals surface area contributed by atoms with Crippen LogP contribution < -0.4 is 9.47 Å². The molecule has 0 saturated carbocycles. The van der Waals surface area contributed by atoms with E-state index in [2.05, 4.69) is 6.07 Å². The lowest BCUT2D eigenvalue weighted by atomic mass is 9.98. The second-order valence-electron chi connectivity index (χ2n) is 3.49. The van der Waals surface area contributed by atoms with Gasteiger partial charge in [-0.3, -0.25) is 0 Å². The molecule has 15 heavy (non-hydrogen) atoms. The molecule has 1 aliphatic heterocycles. The number of ether oxygens (including phenoxy) is 2. The lowest BCUT2D eigenvalue weighted by Crippen LogP contribution is -2.15. The van der Waals surface area contributed by atoms with Gasteiger partial charge in [0.1, 0.15) is 13.2 Å². The van der Waals surface area contributed by atoms with Gasteiger partial charge in [-0.15, -0.1) is 0 Å². The van der Waals surface area contributed by atoms with Gasteiger partial charge in [-0.1, -0.05) is 13.0 Å². The summed E-state index contributed by atoms with van der Waals surface area (Å²) < 4.78 is 10.9. The van der Waals surface area contributed by atoms with Crippen molar-refractivity contribution in [2.24, 2.45) is 0 Å². The zero-order chi connectivity index (χ0) is 10.7. The summed E-state index contributed by atoms with van der Waals surface area (Å²) in [6, 6.07) is 8.00. The molecule has 0 fully saturated rings. The van der Waals surface area contributed by atoms with Crippen LogP contribution in [0.5, 0.6) is 11.5 Å². The number of rotatable bonds is 2. The van der Waals surface area contributed by atoms with Crippen LogP contribution >= 0.6 is 0 Å². The van der Waals surface area contributed by atoms with Crippen molar-refractivity contribution in [2.45, 2.75) is 19.3 Å². The van der Waals surface area contributed by atoms with E-state index in [1.807, 2.05) is 25.1 Å². The minimum absolute atomic E-state index is 0.0548. The zero-order valence-electron chi connectivity index (χ0n) is 8.69. The average molecular weight is 203 g/mol. The van der Waals surface area contributed by atoms with Gasteiger partial charge in [0.05, 0.1) is 12.0 Å². The molecule has 2 rings (SSSR count). The van der Waals surface area contributed by atoms with Gasteiger partial charge in [0.25, 0.3) is 0 Å². The molecular weight excluding hydrogens is 190 g/mol. The molecule has 78 valence electrons. The minimum Gasteiger partial charge on any atom is -0.486 e. The Balaban J connectivity index is 2.32. The molecule has 0 N–H and O–H groups in total. The maximum atomic E-state index is 8.96. The molecule has 1 atom stereocenters. The largest absolute Gasteiger partial charge is 0.486 e. The van der Waals surface area contributed by atoms with Crippen LogP contribution in [0.1, 0.15) is 24.8 Å². The van der Waals surface area contributed by atoms with Crippen molar-refractivity contribution in [1.29, 1.82) is 5.26 Å². The summed E-state index contributed by atoms with van der Waals surface area (Å²) in [6.07, 6.45) is 0.816. The number of nitrogens with zero attached hydrogens (tertiary/aromatic N) is 1. The van der Waals surface area contributed by atoms with Crippen molar-refractivity contribution in [3.05, 3.63) is 23.8 Å². The Hall–Kier alpha value is -1.69. The fourth-order valence-corrected chi connectivity index (χ4v) is 1.68. The predicted molar refractivity (Wildman–Crippen MR) is 56.1 cm³/mol. The first kappa shape index (κ1) is 9.85. The van der Waals surface area contributed by atoms with E-state index in [1.54, 1.807) is 0 Å². The van der Waals surface area contributed by atoms with Crippen LogP contribution in [0, 0.1) is 11.3 Å². The number of fused-ring (bicyclic) bond motifs is 1. The summed E-state index contributed by atoms with van der Waals surface area (Å²) in [5.74, 6) is 1.48. The van der Waals surface area contributed by atoms with Crippen LogP contribution in [0.15, 0.2) is 18.2 Å². The highest BCUT2D eigenvalue weighted by atomic mass is 16.6. The smallest absolute Gasteiger partial charge is 0.161 e. The molecule has 0 bridgehead atoms. The van der Waals surface area contributed by atoms with E-state index >= 15 is 0 Å². The number of benzene rings is 1. The Labute approximate surface area is 89.2 Å². The van der Waals surface area contributed by atoms with Crippen molar-refractivity contribution < 1.29 is 9.47 Å². The molecular formula is C12H13NO2. The number of hydrogen-bond acceptors (Lipinski definition) is 3. The lowest BCUT2D eigenvalue weighted by molar-refractivity contribution is 0.171. The predicted octanol–water partition coefficient (Wildman–Crippen LogP) is 2.47. The second kappa shape index (κ2) is 4.22. The van der Waals surface area contributed by atoms with Crippen LogP contribution in [0.25, 0.3) is 0 Å². The van der Waals surface area contributed by atoms with Crippen molar-refractivity contribution in [1.82, 2.24) is 0 Å². The monoisotopic (exact) mass is 203 g/mol. The van der Waals surface area contributed by atoms with Crippen molar-refractivity contribution in [2.75, 3.05) is 13.2 Å². The Kier molecular flexibility index (Phi) is 2.77. The van der Waals surface area contributed by atoms with Gasteiger partial charge in [0.2, 0.25) is 0 Å². The summed E-state index contributed by atoms with van der Waals surface area (Å²) in [6.45, 7) is 3.19. The summed E-state index contributed by atoms with van der Waals surface area (Å²) >= 11 is 0. The summed E-state index contributed by atoms with van der Waals surface area (Å²) in [5, 5.41) is 8.96. The summed E-state index contributed by atoms with van der Waals surface area (Å²) in [5.41, 5.74) is 1.00. The third kappa shape index (κ3) is 1.89. The van der Waals surface area contributed by atoms with Crippen molar-refractivity contribution in [3.63, 3.8) is 0 Å². The first-order chi connectivity index (χ1) is 7.35. The normalized spacial score (nSPS) is 15.5. The quantitative estimate of drug-likeness (QED) is 0.741. The molecule has 0 spiro atoms. The average Bonchev–Trinajstić information content (AvgIpc) is 2.30. The highest BCUT2D eigenvalue weighted by molar-refractivity contribution is 5.45. The molecule has 1 unspecified atom stereocenters. The molecule has 0 saturated heterocycles. The standard InChI is InChI=1S/C12H13NO2/c1-2-9(8-13)10-3-4-11-12(7-10)15-6-5-14-11/h3-4,7,9H,2,5-6H2,1H3. The van der Waals surface area contributed by atoms with E-state index in [1.165, 1.54) is 0 Å². The molecule has 1 aliphatic rings. The molecule has 0 radical (unpaired) electrons. The second-order valence-corrected chi connectivity index (χ2v) is 3.49. The van der Waals surface area contributed by atoms with Gasteiger partial charge in [-0.25, -0.2) is 0 Å². The van der Waals surface area contributed by atoms with Gasteiger partial charge in [-0.2, -0.15) is 5.26 Å². The zero-order valence-corrected chi connectivity index (χ0v) is 8.69. The van der Waals surface area contributed by atoms with E-state index in [9.17, 15) is 0 Å². The fourth-order valence-electron chi connectivity index (χ4n) is 1.68. The van der Waals surface area contributed by atoms with Gasteiger partial charge >= 0.3 is 0 Å². The highest BCUT2D eigenvalue weighted by Crippen LogP contribution is 2.33. The van der Waals surface area contributed by atoms with Crippen molar-refractivity contribution in [3.8, 4) is 17.6 Å². The maximum absolute atomic E-state index is 8.96. The lowest BCUT2D eigenvalue weighted by Gasteiger charge is -2.19. The van der Waals surface area contributed by atoms with Gasteiger partial charge < -0.3 is 9.47 Å². The molecule has 1 heterocycles. The van der Waals surface area contributed by atoms with E-state index in [0.717, 1.165) is 23.5 Å². The number of hydrogen-bond donors (Lipinski definition) is 0. The third-order valence-corrected chi connectivity index (χ3v) is 2.53. The topological polar surface area (TPSA) is 42.2 Å². The highest BCUT2D eigenvalue weighted by Gasteiger charge is 2.15. The van der Waals surface area contributed by atoms with Gasteiger partial charge in [0, 0.05) is 0 Å². The van der Waals surface area contributed by atoms with E-state index in [-0.39, 0.29) is 5.92 Å². The third-order valence-electron chi connectivity index (χ3n) is 2.53. The Morgan fingerprint density at radius 1 is 1.33 bits per heavy atom. The first-order valence-electron chi connectivity index (χ1n) is 5.14. The van der Waals surface area contributed by atoms with Gasteiger partial charge in [0.15, 0.2) is 11.5 Å². The Morgan fingerprint density at radius 2 is 2.07 bits per heavy atom. The van der Waals surface area contributed by atoms with Gasteiger partial charge in [-0.05, 0) is 24.1 Å². The van der Waals surface area contributed by atoms with Crippen LogP contribution in [0.3, 0.4) is 0 Å². The SMILES string of the molecule is CCC(C#N)c1ccc2c(c1)OCCO2. The van der Waals surface area contributed by atoms with E-state index in [4.69, 9.17) is 14.7 Å². The maximum Gasteiger partial charge on any atom is 0.161 e. The molecule has 1 aromatic rings. The summed E-state index contributed by atoms with van der Waals surface area (Å²) in [4.78, 5) is 0. The molecule has 3 nitrogen and oxygen atoms in total. The van der Waals surface area contributed by atoms with Crippen LogP contribution in [0.2, 0.25) is 0 Å². The summed E-state index contributed by atoms with van der Waals surface area (Å²) in [7, 11) is 0. The molecule has 1 aromatic carbocycles. The fraction of sp³-hybridized carbons (Fsp3) is 0.417. The Morgan fingerprint density at radius 3 is 2.73 bits per heavy atom. The molecule has 0 aromatic heterocycles. The van der Waals surface area contributed by atoms with Crippen molar-refractivity contribution >= 4 is 0 Å². The molecule has 3 heteroatoms. The Bertz CT molecular complexity index is 395. The van der Waals surface area contributed by atoms with E-state index < -0.39 is 0 Å². The van der Waals surface area contributed by atoms with Crippen LogP contribution in [0.4, 0.5) is 0 Å². The minimum atomic E-state index is -0.0548. The van der Waals surface area contributed by atoms with E-state index in [0.29, 0.717) is 13.2 Å². The first-order valence-corrected chi connectivity index (χ1v) is 5.14. The number of nitriles is 1. The van der Waals surface area contributed by atoms with Crippen LogP contribution in [-0.4, -0.2) is 13.2 Å². The molecule has 0 amide bonds.